The molecule has 112 valence electrons. The Morgan fingerprint density at radius 3 is 2.30 bits per heavy atom. The summed E-state index contributed by atoms with van der Waals surface area (Å²) in [6, 6.07) is 3.25. The standard InChI is InChI=1S/C13H18Br2N2O2S/c1-2-5-17(8-9-3-4-9)20(18,19)13-11(14)6-10(16)7-12(13)15/h6-7,9H,2-5,8,16H2,1H3. The summed E-state index contributed by atoms with van der Waals surface area (Å²) in [6.07, 6.45) is 3.05. The minimum Gasteiger partial charge on any atom is -0.399 e. The van der Waals surface area contributed by atoms with Gasteiger partial charge in [0, 0.05) is 27.7 Å². The Labute approximate surface area is 137 Å². The van der Waals surface area contributed by atoms with Crippen LogP contribution in [0, 0.1) is 5.92 Å². The fourth-order valence-electron chi connectivity index (χ4n) is 2.10. The summed E-state index contributed by atoms with van der Waals surface area (Å²) >= 11 is 6.64. The molecule has 0 amide bonds. The van der Waals surface area contributed by atoms with E-state index in [0.717, 1.165) is 19.3 Å². The molecule has 0 atom stereocenters. The number of nitrogens with two attached hydrogens (primary N) is 1. The fourth-order valence-corrected chi connectivity index (χ4v) is 6.25. The summed E-state index contributed by atoms with van der Waals surface area (Å²) in [6.45, 7) is 3.14. The van der Waals surface area contributed by atoms with Crippen LogP contribution in [0.2, 0.25) is 0 Å². The number of benzene rings is 1. The van der Waals surface area contributed by atoms with E-state index in [-0.39, 0.29) is 4.90 Å². The van der Waals surface area contributed by atoms with Gasteiger partial charge < -0.3 is 5.73 Å². The Balaban J connectivity index is 2.41. The van der Waals surface area contributed by atoms with Crippen molar-refractivity contribution in [2.45, 2.75) is 31.1 Å². The molecule has 0 heterocycles. The molecule has 1 aromatic rings. The second kappa shape index (κ2) is 6.34. The molecule has 0 aliphatic heterocycles. The average Bonchev–Trinajstić information content (AvgIpc) is 3.10. The van der Waals surface area contributed by atoms with Crippen LogP contribution in [0.15, 0.2) is 26.0 Å². The Morgan fingerprint density at radius 1 is 1.30 bits per heavy atom. The first-order chi connectivity index (χ1) is 9.36. The molecule has 1 aliphatic rings. The minimum atomic E-state index is -3.51. The molecule has 0 aromatic heterocycles. The predicted molar refractivity (Wildman–Crippen MR) is 88.0 cm³/mol. The molecular formula is C13H18Br2N2O2S. The van der Waals surface area contributed by atoms with Gasteiger partial charge in [-0.05, 0) is 69.2 Å². The summed E-state index contributed by atoms with van der Waals surface area (Å²) in [4.78, 5) is 0.265. The molecule has 2 N–H and O–H groups in total. The van der Waals surface area contributed by atoms with Crippen molar-refractivity contribution in [3.63, 3.8) is 0 Å². The van der Waals surface area contributed by atoms with E-state index in [1.54, 1.807) is 16.4 Å². The van der Waals surface area contributed by atoms with E-state index in [0.29, 0.717) is 33.6 Å². The lowest BCUT2D eigenvalue weighted by molar-refractivity contribution is 0.395. The molecule has 0 saturated heterocycles. The van der Waals surface area contributed by atoms with E-state index in [4.69, 9.17) is 5.73 Å². The summed E-state index contributed by atoms with van der Waals surface area (Å²) in [5.41, 5.74) is 6.25. The molecule has 1 saturated carbocycles. The highest BCUT2D eigenvalue weighted by Gasteiger charge is 2.33. The topological polar surface area (TPSA) is 63.4 Å². The Bertz CT molecular complexity index is 577. The first-order valence-corrected chi connectivity index (χ1v) is 9.63. The molecule has 4 nitrogen and oxygen atoms in total. The maximum Gasteiger partial charge on any atom is 0.245 e. The minimum absolute atomic E-state index is 0.265. The number of hydrogen-bond donors (Lipinski definition) is 1. The van der Waals surface area contributed by atoms with Crippen molar-refractivity contribution in [2.75, 3.05) is 18.8 Å². The molecule has 0 bridgehead atoms. The van der Waals surface area contributed by atoms with Crippen molar-refractivity contribution in [2.24, 2.45) is 5.92 Å². The van der Waals surface area contributed by atoms with Crippen LogP contribution in [0.5, 0.6) is 0 Å². The van der Waals surface area contributed by atoms with Gasteiger partial charge in [-0.25, -0.2) is 8.42 Å². The number of rotatable bonds is 6. The van der Waals surface area contributed by atoms with Gasteiger partial charge in [0.25, 0.3) is 0 Å². The molecule has 0 spiro atoms. The lowest BCUT2D eigenvalue weighted by atomic mass is 10.3. The van der Waals surface area contributed by atoms with Crippen LogP contribution in [0.3, 0.4) is 0 Å². The van der Waals surface area contributed by atoms with Gasteiger partial charge in [0.2, 0.25) is 10.0 Å². The average molecular weight is 426 g/mol. The highest BCUT2D eigenvalue weighted by atomic mass is 79.9. The third-order valence-corrected chi connectivity index (χ3v) is 6.99. The smallest absolute Gasteiger partial charge is 0.245 e. The van der Waals surface area contributed by atoms with Crippen molar-refractivity contribution in [1.82, 2.24) is 4.31 Å². The number of halogens is 2. The molecule has 20 heavy (non-hydrogen) atoms. The van der Waals surface area contributed by atoms with Crippen molar-refractivity contribution >= 4 is 47.6 Å². The second-order valence-electron chi connectivity index (χ2n) is 5.12. The van der Waals surface area contributed by atoms with Crippen molar-refractivity contribution < 1.29 is 8.42 Å². The maximum absolute atomic E-state index is 12.9. The van der Waals surface area contributed by atoms with Crippen LogP contribution in [0.4, 0.5) is 5.69 Å². The van der Waals surface area contributed by atoms with Gasteiger partial charge in [-0.15, -0.1) is 0 Å². The lowest BCUT2D eigenvalue weighted by Crippen LogP contribution is -2.34. The van der Waals surface area contributed by atoms with Gasteiger partial charge in [0.15, 0.2) is 0 Å². The van der Waals surface area contributed by atoms with Gasteiger partial charge in [0.1, 0.15) is 4.90 Å². The number of hydrogen-bond acceptors (Lipinski definition) is 3. The Hall–Kier alpha value is -0.110. The highest BCUT2D eigenvalue weighted by Crippen LogP contribution is 2.37. The summed E-state index contributed by atoms with van der Waals surface area (Å²) in [5.74, 6) is 0.516. The summed E-state index contributed by atoms with van der Waals surface area (Å²) < 4.78 is 28.3. The third kappa shape index (κ3) is 3.55. The zero-order valence-corrected chi connectivity index (χ0v) is 15.3. The molecule has 0 radical (unpaired) electrons. The van der Waals surface area contributed by atoms with Gasteiger partial charge in [-0.2, -0.15) is 4.31 Å². The SMILES string of the molecule is CCCN(CC1CC1)S(=O)(=O)c1c(Br)cc(N)cc1Br. The number of anilines is 1. The number of nitrogen functional groups attached to an aromatic ring is 1. The maximum atomic E-state index is 12.9. The first kappa shape index (κ1) is 16.3. The summed E-state index contributed by atoms with van der Waals surface area (Å²) in [7, 11) is -3.51. The van der Waals surface area contributed by atoms with Crippen LogP contribution >= 0.6 is 31.9 Å². The van der Waals surface area contributed by atoms with Crippen LogP contribution in [-0.4, -0.2) is 25.8 Å². The van der Waals surface area contributed by atoms with Crippen molar-refractivity contribution in [3.05, 3.63) is 21.1 Å². The largest absolute Gasteiger partial charge is 0.399 e. The Kier molecular flexibility index (Phi) is 5.15. The van der Waals surface area contributed by atoms with Crippen LogP contribution in [0.25, 0.3) is 0 Å². The van der Waals surface area contributed by atoms with Gasteiger partial charge in [-0.1, -0.05) is 6.92 Å². The van der Waals surface area contributed by atoms with E-state index in [1.807, 2.05) is 6.92 Å². The zero-order chi connectivity index (χ0) is 14.9. The van der Waals surface area contributed by atoms with Crippen LogP contribution in [-0.2, 0) is 10.0 Å². The summed E-state index contributed by atoms with van der Waals surface area (Å²) in [5, 5.41) is 0. The van der Waals surface area contributed by atoms with E-state index in [9.17, 15) is 8.42 Å². The van der Waals surface area contributed by atoms with Crippen LogP contribution in [0.1, 0.15) is 26.2 Å². The van der Waals surface area contributed by atoms with Gasteiger partial charge in [-0.3, -0.25) is 0 Å². The van der Waals surface area contributed by atoms with Gasteiger partial charge in [0.05, 0.1) is 0 Å². The third-order valence-electron chi connectivity index (χ3n) is 3.25. The molecule has 1 aliphatic carbocycles. The quantitative estimate of drug-likeness (QED) is 0.708. The molecule has 7 heteroatoms. The number of nitrogens with zero attached hydrogens (tertiary/aromatic N) is 1. The molecule has 2 rings (SSSR count). The van der Waals surface area contributed by atoms with Crippen LogP contribution < -0.4 is 5.73 Å². The first-order valence-electron chi connectivity index (χ1n) is 6.61. The van der Waals surface area contributed by atoms with Gasteiger partial charge >= 0.3 is 0 Å². The van der Waals surface area contributed by atoms with E-state index < -0.39 is 10.0 Å². The van der Waals surface area contributed by atoms with E-state index >= 15 is 0 Å². The normalized spacial score (nSPS) is 15.8. The van der Waals surface area contributed by atoms with Crippen molar-refractivity contribution in [3.8, 4) is 0 Å². The Morgan fingerprint density at radius 2 is 1.85 bits per heavy atom. The second-order valence-corrected chi connectivity index (χ2v) is 8.70. The molecule has 0 unspecified atom stereocenters. The highest BCUT2D eigenvalue weighted by molar-refractivity contribution is 9.11. The molecule has 1 aromatic carbocycles. The lowest BCUT2D eigenvalue weighted by Gasteiger charge is -2.23. The van der Waals surface area contributed by atoms with E-state index in [2.05, 4.69) is 31.9 Å². The predicted octanol–water partition coefficient (Wildman–Crippen LogP) is 3.60. The molecule has 1 fully saturated rings. The monoisotopic (exact) mass is 424 g/mol. The number of sulfonamides is 1. The molecular weight excluding hydrogens is 408 g/mol. The zero-order valence-electron chi connectivity index (χ0n) is 11.3. The fraction of sp³-hybridized carbons (Fsp3) is 0.538. The van der Waals surface area contributed by atoms with E-state index in [1.165, 1.54) is 0 Å². The van der Waals surface area contributed by atoms with Crippen molar-refractivity contribution in [1.29, 1.82) is 0 Å².